The molecule has 0 atom stereocenters. The van der Waals surface area contributed by atoms with E-state index in [9.17, 15) is 4.79 Å². The lowest BCUT2D eigenvalue weighted by molar-refractivity contribution is -0.115. The SMILES string of the molecule is COc1cccc(-c2ccc(NCC(C)=O)nn2)c1. The van der Waals surface area contributed by atoms with Crippen LogP contribution >= 0.6 is 0 Å². The Hall–Kier alpha value is -2.43. The molecule has 5 heteroatoms. The van der Waals surface area contributed by atoms with Gasteiger partial charge in [0.2, 0.25) is 0 Å². The highest BCUT2D eigenvalue weighted by Gasteiger charge is 2.03. The number of aromatic nitrogens is 2. The zero-order chi connectivity index (χ0) is 13.7. The van der Waals surface area contributed by atoms with Gasteiger partial charge in [0.15, 0.2) is 0 Å². The van der Waals surface area contributed by atoms with E-state index in [4.69, 9.17) is 4.74 Å². The second-order valence-corrected chi connectivity index (χ2v) is 4.09. The molecule has 0 amide bonds. The zero-order valence-corrected chi connectivity index (χ0v) is 10.9. The van der Waals surface area contributed by atoms with E-state index in [0.717, 1.165) is 17.0 Å². The lowest BCUT2D eigenvalue weighted by atomic mass is 10.1. The fourth-order valence-electron chi connectivity index (χ4n) is 1.58. The van der Waals surface area contributed by atoms with Crippen molar-refractivity contribution in [1.82, 2.24) is 10.2 Å². The first-order valence-electron chi connectivity index (χ1n) is 5.90. The summed E-state index contributed by atoms with van der Waals surface area (Å²) in [6.45, 7) is 1.78. The van der Waals surface area contributed by atoms with E-state index in [-0.39, 0.29) is 12.3 Å². The third-order valence-corrected chi connectivity index (χ3v) is 2.55. The molecule has 0 saturated carbocycles. The van der Waals surface area contributed by atoms with Crippen molar-refractivity contribution in [2.24, 2.45) is 0 Å². The topological polar surface area (TPSA) is 64.1 Å². The molecule has 2 aromatic rings. The van der Waals surface area contributed by atoms with E-state index < -0.39 is 0 Å². The Labute approximate surface area is 111 Å². The number of carbonyl (C=O) groups excluding carboxylic acids is 1. The lowest BCUT2D eigenvalue weighted by Crippen LogP contribution is -2.11. The average Bonchev–Trinajstić information content (AvgIpc) is 2.45. The highest BCUT2D eigenvalue weighted by molar-refractivity contribution is 5.80. The van der Waals surface area contributed by atoms with Gasteiger partial charge >= 0.3 is 0 Å². The summed E-state index contributed by atoms with van der Waals surface area (Å²) in [7, 11) is 1.62. The molecule has 0 aliphatic carbocycles. The van der Waals surface area contributed by atoms with Gasteiger partial charge in [-0.05, 0) is 31.2 Å². The number of benzene rings is 1. The molecular weight excluding hydrogens is 242 g/mol. The number of ketones is 1. The molecule has 0 spiro atoms. The van der Waals surface area contributed by atoms with Crippen LogP contribution in [0.15, 0.2) is 36.4 Å². The van der Waals surface area contributed by atoms with E-state index in [1.807, 2.05) is 30.3 Å². The molecule has 0 fully saturated rings. The van der Waals surface area contributed by atoms with Gasteiger partial charge in [0.25, 0.3) is 0 Å². The first kappa shape index (κ1) is 13.0. The van der Waals surface area contributed by atoms with Crippen molar-refractivity contribution in [3.8, 4) is 17.0 Å². The van der Waals surface area contributed by atoms with Crippen molar-refractivity contribution in [2.75, 3.05) is 19.0 Å². The van der Waals surface area contributed by atoms with E-state index in [0.29, 0.717) is 5.82 Å². The minimum Gasteiger partial charge on any atom is -0.497 e. The minimum atomic E-state index is 0.0543. The molecule has 1 heterocycles. The summed E-state index contributed by atoms with van der Waals surface area (Å²) < 4.78 is 5.17. The molecule has 0 aliphatic heterocycles. The van der Waals surface area contributed by atoms with E-state index in [1.165, 1.54) is 6.92 Å². The molecule has 0 radical (unpaired) electrons. The fourth-order valence-corrected chi connectivity index (χ4v) is 1.58. The monoisotopic (exact) mass is 257 g/mol. The first-order valence-corrected chi connectivity index (χ1v) is 5.90. The van der Waals surface area contributed by atoms with Crippen LogP contribution in [0, 0.1) is 0 Å². The van der Waals surface area contributed by atoms with Crippen molar-refractivity contribution in [1.29, 1.82) is 0 Å². The van der Waals surface area contributed by atoms with Crippen molar-refractivity contribution in [2.45, 2.75) is 6.92 Å². The van der Waals surface area contributed by atoms with Gasteiger partial charge < -0.3 is 10.1 Å². The van der Waals surface area contributed by atoms with Gasteiger partial charge in [-0.25, -0.2) is 0 Å². The van der Waals surface area contributed by atoms with Gasteiger partial charge in [0.05, 0.1) is 19.3 Å². The maximum absolute atomic E-state index is 10.9. The molecule has 98 valence electrons. The molecule has 0 bridgehead atoms. The predicted molar refractivity (Wildman–Crippen MR) is 73.2 cm³/mol. The van der Waals surface area contributed by atoms with Gasteiger partial charge in [-0.2, -0.15) is 0 Å². The molecule has 0 saturated heterocycles. The Balaban J connectivity index is 2.15. The van der Waals surface area contributed by atoms with Crippen LogP contribution in [-0.2, 0) is 4.79 Å². The summed E-state index contributed by atoms with van der Waals surface area (Å²) in [5.74, 6) is 1.42. The summed E-state index contributed by atoms with van der Waals surface area (Å²) in [5, 5.41) is 11.0. The molecule has 1 N–H and O–H groups in total. The van der Waals surface area contributed by atoms with Crippen molar-refractivity contribution >= 4 is 11.6 Å². The maximum atomic E-state index is 10.9. The number of ether oxygens (including phenoxy) is 1. The molecule has 0 unspecified atom stereocenters. The highest BCUT2D eigenvalue weighted by Crippen LogP contribution is 2.21. The molecule has 1 aromatic heterocycles. The Morgan fingerprint density at radius 1 is 1.26 bits per heavy atom. The van der Waals surface area contributed by atoms with Gasteiger partial charge in [0.1, 0.15) is 17.4 Å². The van der Waals surface area contributed by atoms with Crippen LogP contribution in [0.1, 0.15) is 6.92 Å². The van der Waals surface area contributed by atoms with Crippen LogP contribution in [0.2, 0.25) is 0 Å². The van der Waals surface area contributed by atoms with Crippen molar-refractivity contribution < 1.29 is 9.53 Å². The smallest absolute Gasteiger partial charge is 0.149 e. The summed E-state index contributed by atoms with van der Waals surface area (Å²) >= 11 is 0. The summed E-state index contributed by atoms with van der Waals surface area (Å²) in [6.07, 6.45) is 0. The number of hydrogen-bond acceptors (Lipinski definition) is 5. The number of anilines is 1. The molecular formula is C14H15N3O2. The quantitative estimate of drug-likeness (QED) is 0.889. The second-order valence-electron chi connectivity index (χ2n) is 4.09. The minimum absolute atomic E-state index is 0.0543. The summed E-state index contributed by atoms with van der Waals surface area (Å²) in [6, 6.07) is 11.3. The zero-order valence-electron chi connectivity index (χ0n) is 10.9. The average molecular weight is 257 g/mol. The number of methoxy groups -OCH3 is 1. The Bertz CT molecular complexity index is 567. The number of hydrogen-bond donors (Lipinski definition) is 1. The van der Waals surface area contributed by atoms with Gasteiger partial charge in [-0.15, -0.1) is 10.2 Å². The van der Waals surface area contributed by atoms with Crippen molar-refractivity contribution in [3.05, 3.63) is 36.4 Å². The summed E-state index contributed by atoms with van der Waals surface area (Å²) in [4.78, 5) is 10.9. The standard InChI is InChI=1S/C14H15N3O2/c1-10(18)9-15-14-7-6-13(16-17-14)11-4-3-5-12(8-11)19-2/h3-8H,9H2,1-2H3,(H,15,17). The molecule has 5 nitrogen and oxygen atoms in total. The van der Waals surface area contributed by atoms with E-state index >= 15 is 0 Å². The van der Waals surface area contributed by atoms with E-state index in [1.54, 1.807) is 13.2 Å². The van der Waals surface area contributed by atoms with Crippen molar-refractivity contribution in [3.63, 3.8) is 0 Å². The van der Waals surface area contributed by atoms with Crippen LogP contribution in [0.25, 0.3) is 11.3 Å². The van der Waals surface area contributed by atoms with Crippen LogP contribution in [0.3, 0.4) is 0 Å². The van der Waals surface area contributed by atoms with Crippen LogP contribution in [-0.4, -0.2) is 29.6 Å². The lowest BCUT2D eigenvalue weighted by Gasteiger charge is -2.05. The molecule has 19 heavy (non-hydrogen) atoms. The van der Waals surface area contributed by atoms with Crippen LogP contribution in [0.4, 0.5) is 5.82 Å². The molecule has 1 aromatic carbocycles. The Morgan fingerprint density at radius 3 is 2.74 bits per heavy atom. The summed E-state index contributed by atoms with van der Waals surface area (Å²) in [5.41, 5.74) is 1.69. The number of rotatable bonds is 5. The predicted octanol–water partition coefficient (Wildman–Crippen LogP) is 2.15. The maximum Gasteiger partial charge on any atom is 0.149 e. The van der Waals surface area contributed by atoms with Gasteiger partial charge in [-0.3, -0.25) is 4.79 Å². The van der Waals surface area contributed by atoms with Crippen LogP contribution < -0.4 is 10.1 Å². The number of carbonyl (C=O) groups is 1. The number of nitrogens with one attached hydrogen (secondary N) is 1. The van der Waals surface area contributed by atoms with E-state index in [2.05, 4.69) is 15.5 Å². The number of Topliss-reactive ketones (excluding diaryl/α,β-unsaturated/α-hetero) is 1. The molecule has 2 rings (SSSR count). The third-order valence-electron chi connectivity index (χ3n) is 2.55. The van der Waals surface area contributed by atoms with Gasteiger partial charge in [-0.1, -0.05) is 12.1 Å². The number of nitrogens with zero attached hydrogens (tertiary/aromatic N) is 2. The van der Waals surface area contributed by atoms with Gasteiger partial charge in [0, 0.05) is 5.56 Å². The fraction of sp³-hybridized carbons (Fsp3) is 0.214. The third kappa shape index (κ3) is 3.51. The van der Waals surface area contributed by atoms with Crippen LogP contribution in [0.5, 0.6) is 5.75 Å². The normalized spacial score (nSPS) is 10.0. The molecule has 0 aliphatic rings. The highest BCUT2D eigenvalue weighted by atomic mass is 16.5. The Kier molecular flexibility index (Phi) is 4.07. The first-order chi connectivity index (χ1) is 9.19. The Morgan fingerprint density at radius 2 is 2.11 bits per heavy atom. The second kappa shape index (κ2) is 5.95. The largest absolute Gasteiger partial charge is 0.497 e.